The van der Waals surface area contributed by atoms with Crippen LogP contribution in [-0.2, 0) is 19.2 Å². The maximum absolute atomic E-state index is 3.64. The average molecular weight is 435 g/mol. The third kappa shape index (κ3) is 6.55. The minimum Gasteiger partial charge on any atom is -1.00 e. The van der Waals surface area contributed by atoms with Crippen LogP contribution in [-0.4, -0.2) is 17.0 Å². The molecule has 3 saturated carbocycles. The molecule has 0 saturated heterocycles. The van der Waals surface area contributed by atoms with Gasteiger partial charge in [0, 0.05) is 0 Å². The SMILES string of the molecule is C1CCC(P(C2CCCC2)C2CCCC2)C1.C=C(C)[CH2][Pd+].[Cl-]. The first-order valence-corrected chi connectivity index (χ1v) is 11.8. The molecule has 0 bridgehead atoms. The number of rotatable bonds is 4. The average Bonchev–Trinajstić information content (AvgIpc) is 3.24. The van der Waals surface area contributed by atoms with E-state index in [1.807, 2.05) is 6.92 Å². The van der Waals surface area contributed by atoms with Crippen LogP contribution in [0.25, 0.3) is 0 Å². The predicted molar refractivity (Wildman–Crippen MR) is 93.3 cm³/mol. The van der Waals surface area contributed by atoms with E-state index in [2.05, 4.69) is 25.8 Å². The van der Waals surface area contributed by atoms with Crippen LogP contribution in [0.4, 0.5) is 0 Å². The van der Waals surface area contributed by atoms with Crippen LogP contribution < -0.4 is 12.4 Å². The topological polar surface area (TPSA) is 0 Å². The molecule has 0 N–H and O–H groups in total. The van der Waals surface area contributed by atoms with E-state index in [1.54, 1.807) is 77.0 Å². The smallest absolute Gasteiger partial charge is 1.00 e. The quantitative estimate of drug-likeness (QED) is 0.358. The standard InChI is InChI=1S/C15H27P.C4H7.ClH.Pd/c1-2-8-13(7-1)16(14-9-3-4-10-14)15-11-5-6-12-15;1-4(2)3;;/h13-15H,1-12H2;1-2H2,3H3;1H;/q;;;+1/p-1. The van der Waals surface area contributed by atoms with E-state index in [0.717, 1.165) is 4.89 Å². The van der Waals surface area contributed by atoms with E-state index in [0.29, 0.717) is 7.92 Å². The van der Waals surface area contributed by atoms with Gasteiger partial charge in [0.05, 0.1) is 0 Å². The second-order valence-corrected chi connectivity index (χ2v) is 11.0. The molecule has 0 aliphatic heterocycles. The van der Waals surface area contributed by atoms with Crippen molar-refractivity contribution in [1.29, 1.82) is 0 Å². The molecule has 3 heteroatoms. The van der Waals surface area contributed by atoms with E-state index in [-0.39, 0.29) is 12.4 Å². The summed E-state index contributed by atoms with van der Waals surface area (Å²) in [4.78, 5) is 0.961. The summed E-state index contributed by atoms with van der Waals surface area (Å²) in [5, 5.41) is 0. The van der Waals surface area contributed by atoms with Gasteiger partial charge < -0.3 is 12.4 Å². The van der Waals surface area contributed by atoms with Crippen molar-refractivity contribution in [2.24, 2.45) is 0 Å². The summed E-state index contributed by atoms with van der Waals surface area (Å²) in [6.45, 7) is 5.63. The Morgan fingerprint density at radius 1 is 0.818 bits per heavy atom. The van der Waals surface area contributed by atoms with Gasteiger partial charge in [0.2, 0.25) is 0 Å². The Balaban J connectivity index is 0.000000356. The molecule has 0 amide bonds. The fourth-order valence-corrected chi connectivity index (χ4v) is 9.17. The molecule has 0 atom stereocenters. The van der Waals surface area contributed by atoms with Gasteiger partial charge in [-0.2, -0.15) is 0 Å². The summed E-state index contributed by atoms with van der Waals surface area (Å²) in [6.07, 6.45) is 19.0. The van der Waals surface area contributed by atoms with Gasteiger partial charge in [-0.25, -0.2) is 0 Å². The van der Waals surface area contributed by atoms with Crippen molar-refractivity contribution in [2.75, 3.05) is 0 Å². The zero-order chi connectivity index (χ0) is 15.1. The van der Waals surface area contributed by atoms with Crippen molar-refractivity contribution < 1.29 is 31.6 Å². The van der Waals surface area contributed by atoms with Crippen LogP contribution in [0.3, 0.4) is 0 Å². The van der Waals surface area contributed by atoms with Gasteiger partial charge >= 0.3 is 43.2 Å². The number of halogens is 1. The molecule has 22 heavy (non-hydrogen) atoms. The molecule has 0 aromatic rings. The largest absolute Gasteiger partial charge is 1.00 e. The Bertz CT molecular complexity index is 265. The van der Waals surface area contributed by atoms with Crippen molar-refractivity contribution in [3.05, 3.63) is 12.2 Å². The van der Waals surface area contributed by atoms with E-state index in [4.69, 9.17) is 0 Å². The van der Waals surface area contributed by atoms with Gasteiger partial charge in [-0.05, 0) is 55.5 Å². The molecular formula is C19H34ClPPd. The molecule has 3 rings (SSSR count). The van der Waals surface area contributed by atoms with E-state index >= 15 is 0 Å². The summed E-state index contributed by atoms with van der Waals surface area (Å²) >= 11 is 2.99. The second kappa shape index (κ2) is 11.6. The fourth-order valence-electron chi connectivity index (χ4n) is 4.50. The molecule has 0 nitrogen and oxygen atoms in total. The van der Waals surface area contributed by atoms with Crippen molar-refractivity contribution >= 4 is 7.92 Å². The fraction of sp³-hybridized carbons (Fsp3) is 0.895. The molecule has 0 radical (unpaired) electrons. The monoisotopic (exact) mass is 434 g/mol. The number of hydrogen-bond donors (Lipinski definition) is 0. The summed E-state index contributed by atoms with van der Waals surface area (Å²) in [5.41, 5.74) is 4.82. The Morgan fingerprint density at radius 2 is 1.05 bits per heavy atom. The minimum absolute atomic E-state index is 0. The second-order valence-electron chi connectivity index (χ2n) is 7.33. The van der Waals surface area contributed by atoms with Crippen LogP contribution in [0.2, 0.25) is 4.89 Å². The minimum atomic E-state index is 0. The molecular weight excluding hydrogens is 401 g/mol. The Labute approximate surface area is 157 Å². The van der Waals surface area contributed by atoms with E-state index in [9.17, 15) is 0 Å². The van der Waals surface area contributed by atoms with Crippen molar-refractivity contribution in [3.8, 4) is 0 Å². The van der Waals surface area contributed by atoms with Gasteiger partial charge in [-0.3, -0.25) is 0 Å². The van der Waals surface area contributed by atoms with Gasteiger partial charge in [0.15, 0.2) is 0 Å². The van der Waals surface area contributed by atoms with E-state index < -0.39 is 0 Å². The Hall–Kier alpha value is 1.12. The van der Waals surface area contributed by atoms with Gasteiger partial charge in [0.1, 0.15) is 0 Å². The number of hydrogen-bond acceptors (Lipinski definition) is 0. The van der Waals surface area contributed by atoms with Crippen LogP contribution in [0, 0.1) is 0 Å². The molecule has 0 spiro atoms. The first-order valence-electron chi connectivity index (χ1n) is 9.15. The summed E-state index contributed by atoms with van der Waals surface area (Å²) in [5.74, 6) is 0. The third-order valence-electron chi connectivity index (χ3n) is 5.43. The van der Waals surface area contributed by atoms with Crippen molar-refractivity contribution in [3.63, 3.8) is 0 Å². The third-order valence-corrected chi connectivity index (χ3v) is 10.4. The summed E-state index contributed by atoms with van der Waals surface area (Å²) in [6, 6.07) is 0. The molecule has 3 fully saturated rings. The normalized spacial score (nSPS) is 23.5. The molecule has 3 aliphatic rings. The number of allylic oxidation sites excluding steroid dienone is 1. The predicted octanol–water partition coefficient (Wildman–Crippen LogP) is 3.83. The Kier molecular flexibility index (Phi) is 11.2. The zero-order valence-corrected chi connectivity index (χ0v) is 17.5. The first-order chi connectivity index (χ1) is 10.2. The van der Waals surface area contributed by atoms with Crippen LogP contribution in [0.1, 0.15) is 84.0 Å². The Morgan fingerprint density at radius 3 is 1.23 bits per heavy atom. The van der Waals surface area contributed by atoms with Gasteiger partial charge in [-0.1, -0.05) is 46.4 Å². The molecule has 0 heterocycles. The molecule has 0 aromatic heterocycles. The zero-order valence-electron chi connectivity index (χ0n) is 14.3. The maximum atomic E-state index is 3.64. The van der Waals surface area contributed by atoms with E-state index in [1.165, 1.54) is 22.6 Å². The molecule has 0 unspecified atom stereocenters. The van der Waals surface area contributed by atoms with Crippen LogP contribution in [0.5, 0.6) is 0 Å². The van der Waals surface area contributed by atoms with Crippen molar-refractivity contribution in [2.45, 2.75) is 106 Å². The van der Waals surface area contributed by atoms with Gasteiger partial charge in [0.25, 0.3) is 0 Å². The summed E-state index contributed by atoms with van der Waals surface area (Å²) < 4.78 is 0. The first kappa shape index (κ1) is 21.2. The van der Waals surface area contributed by atoms with Crippen LogP contribution >= 0.6 is 7.92 Å². The van der Waals surface area contributed by atoms with Gasteiger partial charge in [-0.15, -0.1) is 0 Å². The van der Waals surface area contributed by atoms with Crippen molar-refractivity contribution in [1.82, 2.24) is 0 Å². The molecule has 132 valence electrons. The van der Waals surface area contributed by atoms with Crippen LogP contribution in [0.15, 0.2) is 12.2 Å². The molecule has 3 aliphatic carbocycles. The maximum Gasteiger partial charge on any atom is -1.00 e. The molecule has 0 aromatic carbocycles. The summed E-state index contributed by atoms with van der Waals surface area (Å²) in [7, 11) is 0.436.